The van der Waals surface area contributed by atoms with Crippen molar-refractivity contribution in [3.05, 3.63) is 56.7 Å². The van der Waals surface area contributed by atoms with Gasteiger partial charge in [-0.25, -0.2) is 9.89 Å². The first-order valence-electron chi connectivity index (χ1n) is 5.32. The van der Waals surface area contributed by atoms with Gasteiger partial charge in [-0.15, -0.1) is 5.10 Å². The van der Waals surface area contributed by atoms with Gasteiger partial charge in [-0.05, 0) is 5.56 Å². The van der Waals surface area contributed by atoms with Gasteiger partial charge >= 0.3 is 5.69 Å². The van der Waals surface area contributed by atoms with Crippen molar-refractivity contribution >= 4 is 5.82 Å². The second kappa shape index (κ2) is 5.28. The molecule has 1 unspecified atom stereocenters. The number of aromatic nitrogens is 3. The molecule has 1 heterocycles. The zero-order valence-corrected chi connectivity index (χ0v) is 9.38. The summed E-state index contributed by atoms with van der Waals surface area (Å²) in [6.07, 6.45) is -0.765. The van der Waals surface area contributed by atoms with Crippen molar-refractivity contribution in [3.63, 3.8) is 0 Å². The fraction of sp³-hybridized carbons (Fsp3) is 0.182. The van der Waals surface area contributed by atoms with E-state index in [1.165, 1.54) is 0 Å². The number of H-pyrrole nitrogens is 2. The smallest absolute Gasteiger partial charge is 0.342 e. The van der Waals surface area contributed by atoms with Crippen LogP contribution >= 0.6 is 0 Å². The average molecular weight is 248 g/mol. The summed E-state index contributed by atoms with van der Waals surface area (Å²) in [5.74, 6) is -0.0374. The zero-order valence-electron chi connectivity index (χ0n) is 9.38. The lowest BCUT2D eigenvalue weighted by Gasteiger charge is -2.11. The third-order valence-corrected chi connectivity index (χ3v) is 2.36. The Hall–Kier alpha value is -2.41. The fourth-order valence-corrected chi connectivity index (χ4v) is 1.45. The maximum Gasteiger partial charge on any atom is 0.342 e. The highest BCUT2D eigenvalue weighted by atomic mass is 16.3. The van der Waals surface area contributed by atoms with Gasteiger partial charge in [-0.3, -0.25) is 9.78 Å². The minimum absolute atomic E-state index is 0.0374. The van der Waals surface area contributed by atoms with Crippen LogP contribution in [0.15, 0.2) is 39.9 Å². The van der Waals surface area contributed by atoms with E-state index in [2.05, 4.69) is 15.5 Å². The van der Waals surface area contributed by atoms with E-state index in [0.29, 0.717) is 0 Å². The first kappa shape index (κ1) is 12.1. The molecule has 0 aliphatic carbocycles. The number of aliphatic hydroxyl groups excluding tert-OH is 1. The third-order valence-electron chi connectivity index (χ3n) is 2.36. The van der Waals surface area contributed by atoms with Gasteiger partial charge in [-0.1, -0.05) is 30.3 Å². The zero-order chi connectivity index (χ0) is 13.0. The molecule has 0 aliphatic rings. The summed E-state index contributed by atoms with van der Waals surface area (Å²) in [7, 11) is 0. The number of aromatic amines is 2. The molecular formula is C11H12N4O3. The molecule has 2 rings (SSSR count). The van der Waals surface area contributed by atoms with Crippen molar-refractivity contribution in [2.45, 2.75) is 6.10 Å². The van der Waals surface area contributed by atoms with E-state index in [9.17, 15) is 14.7 Å². The highest BCUT2D eigenvalue weighted by molar-refractivity contribution is 5.30. The first-order valence-corrected chi connectivity index (χ1v) is 5.32. The Labute approximate surface area is 102 Å². The second-order valence-corrected chi connectivity index (χ2v) is 3.66. The predicted octanol–water partition coefficient (Wildman–Crippen LogP) is -0.396. The van der Waals surface area contributed by atoms with E-state index in [4.69, 9.17) is 0 Å². The molecule has 0 saturated carbocycles. The number of nitrogens with one attached hydrogen (secondary N) is 3. The van der Waals surface area contributed by atoms with Gasteiger partial charge in [0.05, 0.1) is 6.10 Å². The highest BCUT2D eigenvalue weighted by Gasteiger charge is 2.08. The number of aliphatic hydroxyl groups is 1. The molecule has 0 fully saturated rings. The molecule has 2 aromatic rings. The van der Waals surface area contributed by atoms with Gasteiger partial charge in [0.1, 0.15) is 0 Å². The summed E-state index contributed by atoms with van der Waals surface area (Å²) < 4.78 is 0. The normalized spacial score (nSPS) is 12.1. The topological polar surface area (TPSA) is 111 Å². The summed E-state index contributed by atoms with van der Waals surface area (Å²) >= 11 is 0. The molecule has 18 heavy (non-hydrogen) atoms. The van der Waals surface area contributed by atoms with Crippen LogP contribution in [0.25, 0.3) is 0 Å². The lowest BCUT2D eigenvalue weighted by atomic mass is 10.1. The van der Waals surface area contributed by atoms with Gasteiger partial charge < -0.3 is 10.4 Å². The summed E-state index contributed by atoms with van der Waals surface area (Å²) in [6, 6.07) is 9.01. The number of hydrogen-bond acceptors (Lipinski definition) is 5. The molecule has 1 aromatic carbocycles. The Morgan fingerprint density at radius 2 is 2.00 bits per heavy atom. The Morgan fingerprint density at radius 1 is 1.28 bits per heavy atom. The average Bonchev–Trinajstić information content (AvgIpc) is 2.38. The molecule has 7 nitrogen and oxygen atoms in total. The van der Waals surface area contributed by atoms with Crippen molar-refractivity contribution in [2.24, 2.45) is 0 Å². The molecular weight excluding hydrogens is 236 g/mol. The second-order valence-electron chi connectivity index (χ2n) is 3.66. The number of anilines is 1. The van der Waals surface area contributed by atoms with Gasteiger partial charge in [0.15, 0.2) is 0 Å². The van der Waals surface area contributed by atoms with Crippen molar-refractivity contribution < 1.29 is 5.11 Å². The Balaban J connectivity index is 2.04. The molecule has 4 N–H and O–H groups in total. The summed E-state index contributed by atoms with van der Waals surface area (Å²) in [5.41, 5.74) is -0.570. The molecule has 7 heteroatoms. The first-order chi connectivity index (χ1) is 8.66. The Morgan fingerprint density at radius 3 is 2.67 bits per heavy atom. The third kappa shape index (κ3) is 2.83. The molecule has 0 radical (unpaired) electrons. The van der Waals surface area contributed by atoms with E-state index < -0.39 is 17.4 Å². The summed E-state index contributed by atoms with van der Waals surface area (Å²) in [5, 5.41) is 18.2. The van der Waals surface area contributed by atoms with E-state index in [1.54, 1.807) is 12.1 Å². The van der Waals surface area contributed by atoms with Crippen molar-refractivity contribution in [2.75, 3.05) is 11.9 Å². The van der Waals surface area contributed by atoms with Crippen LogP contribution in [0, 0.1) is 0 Å². The standard InChI is InChI=1S/C11H12N4O3/c16-8(7-4-2-1-3-5-7)6-12-9-10(17)13-11(18)15-14-9/h1-5,8,16H,6H2,(H,12,14)(H2,13,15,17,18). The Kier molecular flexibility index (Phi) is 3.54. The predicted molar refractivity (Wildman–Crippen MR) is 65.4 cm³/mol. The lowest BCUT2D eigenvalue weighted by Crippen LogP contribution is -2.28. The molecule has 0 spiro atoms. The van der Waals surface area contributed by atoms with Crippen LogP contribution in [0.5, 0.6) is 0 Å². The summed E-state index contributed by atoms with van der Waals surface area (Å²) in [4.78, 5) is 24.1. The Bertz CT molecular complexity index is 620. The van der Waals surface area contributed by atoms with Crippen molar-refractivity contribution in [1.82, 2.24) is 15.2 Å². The van der Waals surface area contributed by atoms with Gasteiger partial charge in [-0.2, -0.15) is 0 Å². The minimum Gasteiger partial charge on any atom is -0.387 e. The minimum atomic E-state index is -0.765. The van der Waals surface area contributed by atoms with Crippen molar-refractivity contribution in [3.8, 4) is 0 Å². The lowest BCUT2D eigenvalue weighted by molar-refractivity contribution is 0.191. The maximum atomic E-state index is 11.3. The van der Waals surface area contributed by atoms with Crippen LogP contribution in [0.1, 0.15) is 11.7 Å². The molecule has 0 saturated heterocycles. The number of hydrogen-bond donors (Lipinski definition) is 4. The molecule has 0 bridgehead atoms. The van der Waals surface area contributed by atoms with Gasteiger partial charge in [0.25, 0.3) is 5.56 Å². The maximum absolute atomic E-state index is 11.3. The monoisotopic (exact) mass is 248 g/mol. The molecule has 1 aromatic heterocycles. The van der Waals surface area contributed by atoms with Crippen LogP contribution in [-0.4, -0.2) is 26.8 Å². The van der Waals surface area contributed by atoms with Crippen LogP contribution in [0.3, 0.4) is 0 Å². The number of benzene rings is 1. The molecule has 0 aliphatic heterocycles. The van der Waals surface area contributed by atoms with E-state index >= 15 is 0 Å². The van der Waals surface area contributed by atoms with Crippen LogP contribution in [0.4, 0.5) is 5.82 Å². The quantitative estimate of drug-likeness (QED) is 0.588. The van der Waals surface area contributed by atoms with Gasteiger partial charge in [0, 0.05) is 6.54 Å². The van der Waals surface area contributed by atoms with E-state index in [-0.39, 0.29) is 12.4 Å². The number of nitrogens with zero attached hydrogens (tertiary/aromatic N) is 1. The molecule has 1 atom stereocenters. The van der Waals surface area contributed by atoms with Crippen LogP contribution in [0.2, 0.25) is 0 Å². The summed E-state index contributed by atoms with van der Waals surface area (Å²) in [6.45, 7) is 0.117. The van der Waals surface area contributed by atoms with E-state index in [1.807, 2.05) is 23.2 Å². The molecule has 0 amide bonds. The van der Waals surface area contributed by atoms with Gasteiger partial charge in [0.2, 0.25) is 5.82 Å². The SMILES string of the molecule is O=c1[nH]nc(NCC(O)c2ccccc2)c(=O)[nH]1. The molecule has 94 valence electrons. The largest absolute Gasteiger partial charge is 0.387 e. The fourth-order valence-electron chi connectivity index (χ4n) is 1.45. The van der Waals surface area contributed by atoms with Crippen molar-refractivity contribution in [1.29, 1.82) is 0 Å². The van der Waals surface area contributed by atoms with E-state index in [0.717, 1.165) is 5.56 Å². The van der Waals surface area contributed by atoms with Crippen LogP contribution < -0.4 is 16.6 Å². The van der Waals surface area contributed by atoms with Crippen LogP contribution in [-0.2, 0) is 0 Å². The number of rotatable bonds is 4. The highest BCUT2D eigenvalue weighted by Crippen LogP contribution is 2.11.